The van der Waals surface area contributed by atoms with Crippen LogP contribution in [-0.4, -0.2) is 16.0 Å². The maximum absolute atomic E-state index is 12.1. The third kappa shape index (κ3) is 3.09. The molecule has 0 saturated carbocycles. The zero-order valence-electron chi connectivity index (χ0n) is 10.8. The summed E-state index contributed by atoms with van der Waals surface area (Å²) in [7, 11) is 0. The fourth-order valence-corrected chi connectivity index (χ4v) is 1.88. The van der Waals surface area contributed by atoms with Gasteiger partial charge in [0.1, 0.15) is 0 Å². The Morgan fingerprint density at radius 2 is 2.00 bits per heavy atom. The van der Waals surface area contributed by atoms with Crippen LogP contribution in [0.3, 0.4) is 0 Å². The molecule has 0 aliphatic carbocycles. The number of halogens is 1. The van der Waals surface area contributed by atoms with E-state index < -0.39 is 0 Å². The number of rotatable bonds is 3. The van der Waals surface area contributed by atoms with Gasteiger partial charge in [0.25, 0.3) is 5.91 Å². The van der Waals surface area contributed by atoms with Gasteiger partial charge in [-0.2, -0.15) is 0 Å². The Labute approximate surface area is 125 Å². The van der Waals surface area contributed by atoms with Crippen molar-refractivity contribution < 1.29 is 9.32 Å². The van der Waals surface area contributed by atoms with E-state index in [1.807, 2.05) is 6.07 Å². The van der Waals surface area contributed by atoms with Crippen molar-refractivity contribution in [3.8, 4) is 11.3 Å². The number of aromatic nitrogens is 2. The van der Waals surface area contributed by atoms with E-state index in [9.17, 15) is 4.79 Å². The lowest BCUT2D eigenvalue weighted by Crippen LogP contribution is -2.11. The Balaban J connectivity index is 1.77. The molecule has 0 unspecified atom stereocenters. The van der Waals surface area contributed by atoms with E-state index >= 15 is 0 Å². The summed E-state index contributed by atoms with van der Waals surface area (Å²) in [5.41, 5.74) is 1.59. The van der Waals surface area contributed by atoms with Crippen molar-refractivity contribution in [2.75, 3.05) is 5.32 Å². The predicted octanol–water partition coefficient (Wildman–Crippen LogP) is 3.64. The third-order valence-corrected chi connectivity index (χ3v) is 3.04. The van der Waals surface area contributed by atoms with Crippen molar-refractivity contribution in [1.82, 2.24) is 10.1 Å². The Morgan fingerprint density at radius 3 is 2.71 bits per heavy atom. The molecule has 0 aliphatic heterocycles. The number of amides is 1. The lowest BCUT2D eigenvalue weighted by atomic mass is 10.2. The molecule has 0 bridgehead atoms. The molecule has 3 aromatic rings. The van der Waals surface area contributed by atoms with Gasteiger partial charge in [-0.3, -0.25) is 9.78 Å². The average molecular weight is 300 g/mol. The van der Waals surface area contributed by atoms with E-state index in [0.717, 1.165) is 5.56 Å². The van der Waals surface area contributed by atoms with Gasteiger partial charge < -0.3 is 9.84 Å². The highest BCUT2D eigenvalue weighted by Crippen LogP contribution is 2.20. The monoisotopic (exact) mass is 299 g/mol. The van der Waals surface area contributed by atoms with E-state index in [2.05, 4.69) is 15.5 Å². The highest BCUT2D eigenvalue weighted by Gasteiger charge is 2.13. The Kier molecular flexibility index (Phi) is 3.66. The predicted molar refractivity (Wildman–Crippen MR) is 79.1 cm³/mol. The molecule has 0 atom stereocenters. The van der Waals surface area contributed by atoms with Crippen LogP contribution in [0.15, 0.2) is 59.4 Å². The van der Waals surface area contributed by atoms with Gasteiger partial charge in [0.05, 0.1) is 0 Å². The molecule has 2 heterocycles. The number of hydrogen-bond acceptors (Lipinski definition) is 4. The maximum Gasteiger partial charge on any atom is 0.277 e. The number of carbonyl (C=O) groups is 1. The first kappa shape index (κ1) is 13.3. The van der Waals surface area contributed by atoms with Gasteiger partial charge in [0.2, 0.25) is 0 Å². The summed E-state index contributed by atoms with van der Waals surface area (Å²) in [6.07, 6.45) is 3.30. The SMILES string of the molecule is O=C(Nc1ccc(Cl)cc1)c1cc(-c2cccnc2)on1. The second-order valence-corrected chi connectivity index (χ2v) is 4.72. The zero-order chi connectivity index (χ0) is 14.7. The largest absolute Gasteiger partial charge is 0.355 e. The Bertz CT molecular complexity index is 754. The fourth-order valence-electron chi connectivity index (χ4n) is 1.76. The minimum atomic E-state index is -0.351. The fraction of sp³-hybridized carbons (Fsp3) is 0. The number of anilines is 1. The van der Waals surface area contributed by atoms with Crippen molar-refractivity contribution in [1.29, 1.82) is 0 Å². The summed E-state index contributed by atoms with van der Waals surface area (Å²) < 4.78 is 5.16. The third-order valence-electron chi connectivity index (χ3n) is 2.79. The lowest BCUT2D eigenvalue weighted by Gasteiger charge is -2.01. The molecule has 0 saturated heterocycles. The summed E-state index contributed by atoms with van der Waals surface area (Å²) >= 11 is 5.79. The molecule has 0 fully saturated rings. The number of nitrogens with zero attached hydrogens (tertiary/aromatic N) is 2. The lowest BCUT2D eigenvalue weighted by molar-refractivity contribution is 0.101. The number of pyridine rings is 1. The number of benzene rings is 1. The van der Waals surface area contributed by atoms with Crippen LogP contribution in [0.1, 0.15) is 10.5 Å². The first-order valence-electron chi connectivity index (χ1n) is 6.16. The minimum Gasteiger partial charge on any atom is -0.355 e. The van der Waals surface area contributed by atoms with Gasteiger partial charge in [-0.1, -0.05) is 16.8 Å². The van der Waals surface area contributed by atoms with E-state index in [-0.39, 0.29) is 11.6 Å². The molecule has 5 nitrogen and oxygen atoms in total. The Morgan fingerprint density at radius 1 is 1.19 bits per heavy atom. The van der Waals surface area contributed by atoms with E-state index in [0.29, 0.717) is 16.5 Å². The van der Waals surface area contributed by atoms with Crippen LogP contribution in [0, 0.1) is 0 Å². The van der Waals surface area contributed by atoms with Crippen LogP contribution in [0.4, 0.5) is 5.69 Å². The topological polar surface area (TPSA) is 68.0 Å². The summed E-state index contributed by atoms with van der Waals surface area (Å²) in [4.78, 5) is 16.1. The molecule has 21 heavy (non-hydrogen) atoms. The van der Waals surface area contributed by atoms with Gasteiger partial charge >= 0.3 is 0 Å². The average Bonchev–Trinajstić information content (AvgIpc) is 3.00. The minimum absolute atomic E-state index is 0.198. The molecule has 0 aliphatic rings. The van der Waals surface area contributed by atoms with Crippen molar-refractivity contribution in [2.24, 2.45) is 0 Å². The Hall–Kier alpha value is -2.66. The number of nitrogens with one attached hydrogen (secondary N) is 1. The van der Waals surface area contributed by atoms with Crippen LogP contribution >= 0.6 is 11.6 Å². The van der Waals surface area contributed by atoms with Crippen molar-refractivity contribution in [3.63, 3.8) is 0 Å². The van der Waals surface area contributed by atoms with E-state index in [1.165, 1.54) is 0 Å². The molecule has 3 rings (SSSR count). The van der Waals surface area contributed by atoms with Crippen molar-refractivity contribution in [2.45, 2.75) is 0 Å². The van der Waals surface area contributed by atoms with Crippen LogP contribution in [0.2, 0.25) is 5.02 Å². The van der Waals surface area contributed by atoms with Crippen molar-refractivity contribution >= 4 is 23.2 Å². The molecule has 2 aromatic heterocycles. The molecule has 1 aromatic carbocycles. The zero-order valence-corrected chi connectivity index (χ0v) is 11.5. The first-order valence-corrected chi connectivity index (χ1v) is 6.54. The summed E-state index contributed by atoms with van der Waals surface area (Å²) in [5.74, 6) is 0.139. The molecular weight excluding hydrogens is 290 g/mol. The van der Waals surface area contributed by atoms with Crippen LogP contribution in [0.5, 0.6) is 0 Å². The molecular formula is C15H10ClN3O2. The maximum atomic E-state index is 12.1. The quantitative estimate of drug-likeness (QED) is 0.801. The van der Waals surface area contributed by atoms with Gasteiger partial charge in [-0.05, 0) is 36.4 Å². The molecule has 0 radical (unpaired) electrons. The highest BCUT2D eigenvalue weighted by molar-refractivity contribution is 6.30. The molecule has 1 N–H and O–H groups in total. The van der Waals surface area contributed by atoms with Gasteiger partial charge in [-0.15, -0.1) is 0 Å². The van der Waals surface area contributed by atoms with Crippen LogP contribution in [0.25, 0.3) is 11.3 Å². The van der Waals surface area contributed by atoms with Gasteiger partial charge in [0, 0.05) is 34.7 Å². The second kappa shape index (κ2) is 5.76. The van der Waals surface area contributed by atoms with Crippen molar-refractivity contribution in [3.05, 3.63) is 65.6 Å². The normalized spacial score (nSPS) is 10.3. The summed E-state index contributed by atoms with van der Waals surface area (Å²) in [5, 5.41) is 7.08. The highest BCUT2D eigenvalue weighted by atomic mass is 35.5. The summed E-state index contributed by atoms with van der Waals surface area (Å²) in [6.45, 7) is 0. The standard InChI is InChI=1S/C15H10ClN3O2/c16-11-3-5-12(6-4-11)18-15(20)13-8-14(21-19-13)10-2-1-7-17-9-10/h1-9H,(H,18,20). The second-order valence-electron chi connectivity index (χ2n) is 4.28. The number of hydrogen-bond donors (Lipinski definition) is 1. The molecule has 6 heteroatoms. The van der Waals surface area contributed by atoms with E-state index in [1.54, 1.807) is 48.8 Å². The molecule has 104 valence electrons. The smallest absolute Gasteiger partial charge is 0.277 e. The first-order chi connectivity index (χ1) is 10.2. The molecule has 0 spiro atoms. The van der Waals surface area contributed by atoms with Gasteiger partial charge in [-0.25, -0.2) is 0 Å². The van der Waals surface area contributed by atoms with Crippen LogP contribution in [-0.2, 0) is 0 Å². The van der Waals surface area contributed by atoms with Crippen LogP contribution < -0.4 is 5.32 Å². The summed E-state index contributed by atoms with van der Waals surface area (Å²) in [6, 6.07) is 12.0. The van der Waals surface area contributed by atoms with E-state index in [4.69, 9.17) is 16.1 Å². The van der Waals surface area contributed by atoms with Gasteiger partial charge in [0.15, 0.2) is 11.5 Å². The number of carbonyl (C=O) groups excluding carboxylic acids is 1. The molecule has 1 amide bonds.